The molecule has 0 saturated carbocycles. The summed E-state index contributed by atoms with van der Waals surface area (Å²) in [6.45, 7) is 2.12. The van der Waals surface area contributed by atoms with Crippen LogP contribution < -0.4 is 5.32 Å². The Morgan fingerprint density at radius 1 is 1.09 bits per heavy atom. The maximum atomic E-state index is 12.2. The molecule has 0 heterocycles. The summed E-state index contributed by atoms with van der Waals surface area (Å²) in [5, 5.41) is 11.8. The molecule has 2 aromatic carbocycles. The second-order valence-electron chi connectivity index (χ2n) is 4.68. The topological polar surface area (TPSA) is 66.4 Å². The Hall–Kier alpha value is -2.27. The van der Waals surface area contributed by atoms with Crippen molar-refractivity contribution in [2.75, 3.05) is 11.1 Å². The predicted molar refractivity (Wildman–Crippen MR) is 88.8 cm³/mol. The molecule has 4 nitrogen and oxygen atoms in total. The lowest BCUT2D eigenvalue weighted by Gasteiger charge is -2.08. The van der Waals surface area contributed by atoms with Gasteiger partial charge < -0.3 is 10.4 Å². The van der Waals surface area contributed by atoms with E-state index in [4.69, 9.17) is 5.11 Å². The molecule has 0 radical (unpaired) electrons. The van der Waals surface area contributed by atoms with Crippen molar-refractivity contribution in [3.8, 4) is 0 Å². The van der Waals surface area contributed by atoms with Gasteiger partial charge in [0.15, 0.2) is 0 Å². The molecular weight excluding hydrogens is 298 g/mol. The van der Waals surface area contributed by atoms with Crippen molar-refractivity contribution in [3.63, 3.8) is 0 Å². The first kappa shape index (κ1) is 16.1. The van der Waals surface area contributed by atoms with Crippen molar-refractivity contribution in [1.82, 2.24) is 0 Å². The van der Waals surface area contributed by atoms with Crippen molar-refractivity contribution in [1.29, 1.82) is 0 Å². The average Bonchev–Trinajstić information content (AvgIpc) is 2.53. The fraction of sp³-hybridized carbons (Fsp3) is 0.176. The molecule has 1 amide bonds. The molecule has 0 aromatic heterocycles. The number of carbonyl (C=O) groups excluding carboxylic acids is 1. The molecule has 0 aliphatic carbocycles. The van der Waals surface area contributed by atoms with E-state index in [1.54, 1.807) is 42.1 Å². The van der Waals surface area contributed by atoms with Gasteiger partial charge in [0, 0.05) is 10.5 Å². The van der Waals surface area contributed by atoms with E-state index in [1.807, 2.05) is 12.1 Å². The Morgan fingerprint density at radius 3 is 2.41 bits per heavy atom. The number of hydrogen-bond acceptors (Lipinski definition) is 3. The Bertz CT molecular complexity index is 668. The summed E-state index contributed by atoms with van der Waals surface area (Å²) >= 11 is 1.74. The summed E-state index contributed by atoms with van der Waals surface area (Å²) < 4.78 is 0. The molecule has 2 rings (SSSR count). The highest BCUT2D eigenvalue weighted by molar-refractivity contribution is 7.99. The van der Waals surface area contributed by atoms with E-state index in [9.17, 15) is 9.59 Å². The largest absolute Gasteiger partial charge is 0.478 e. The van der Waals surface area contributed by atoms with Crippen LogP contribution in [0.5, 0.6) is 0 Å². The maximum Gasteiger partial charge on any atom is 0.337 e. The van der Waals surface area contributed by atoms with Crippen LogP contribution in [0.25, 0.3) is 0 Å². The molecule has 0 spiro atoms. The summed E-state index contributed by atoms with van der Waals surface area (Å²) in [4.78, 5) is 24.4. The number of carboxylic acid groups (broad SMARTS) is 1. The lowest BCUT2D eigenvalue weighted by atomic mass is 10.1. The normalized spacial score (nSPS) is 10.2. The van der Waals surface area contributed by atoms with Crippen molar-refractivity contribution in [2.24, 2.45) is 0 Å². The number of thioether (sulfide) groups is 1. The van der Waals surface area contributed by atoms with E-state index in [0.717, 1.165) is 17.1 Å². The van der Waals surface area contributed by atoms with E-state index in [1.165, 1.54) is 6.07 Å². The number of carboxylic acids is 1. The van der Waals surface area contributed by atoms with Crippen molar-refractivity contribution in [2.45, 2.75) is 18.2 Å². The van der Waals surface area contributed by atoms with Gasteiger partial charge in [0.05, 0.1) is 11.3 Å². The number of para-hydroxylation sites is 1. The molecule has 0 atom stereocenters. The number of nitrogens with one attached hydrogen (secondary N) is 1. The third kappa shape index (κ3) is 4.11. The van der Waals surface area contributed by atoms with E-state index in [2.05, 4.69) is 12.2 Å². The summed E-state index contributed by atoms with van der Waals surface area (Å²) in [5.74, 6) is -0.347. The van der Waals surface area contributed by atoms with Gasteiger partial charge in [0.25, 0.3) is 5.91 Å². The summed E-state index contributed by atoms with van der Waals surface area (Å²) in [7, 11) is 0. The quantitative estimate of drug-likeness (QED) is 0.786. The molecule has 0 fully saturated rings. The summed E-state index contributed by atoms with van der Waals surface area (Å²) in [6, 6.07) is 13.6. The highest BCUT2D eigenvalue weighted by Gasteiger charge is 2.12. The number of benzene rings is 2. The van der Waals surface area contributed by atoms with Gasteiger partial charge in [-0.15, -0.1) is 11.8 Å². The molecule has 114 valence electrons. The first-order valence-electron chi connectivity index (χ1n) is 6.98. The first-order chi connectivity index (χ1) is 10.6. The molecule has 0 aliphatic rings. The molecule has 0 aliphatic heterocycles. The van der Waals surface area contributed by atoms with Crippen LogP contribution in [0.15, 0.2) is 53.4 Å². The highest BCUT2D eigenvalue weighted by Crippen LogP contribution is 2.20. The zero-order valence-corrected chi connectivity index (χ0v) is 13.0. The van der Waals surface area contributed by atoms with Gasteiger partial charge in [0.1, 0.15) is 0 Å². The number of rotatable bonds is 6. The van der Waals surface area contributed by atoms with Gasteiger partial charge in [-0.05, 0) is 48.6 Å². The lowest BCUT2D eigenvalue weighted by Crippen LogP contribution is -2.14. The van der Waals surface area contributed by atoms with Crippen LogP contribution in [-0.4, -0.2) is 22.7 Å². The number of anilines is 1. The fourth-order valence-electron chi connectivity index (χ4n) is 1.90. The maximum absolute atomic E-state index is 12.2. The van der Waals surface area contributed by atoms with Gasteiger partial charge in [-0.3, -0.25) is 4.79 Å². The Balaban J connectivity index is 2.11. The van der Waals surface area contributed by atoms with E-state index >= 15 is 0 Å². The third-order valence-electron chi connectivity index (χ3n) is 3.00. The Morgan fingerprint density at radius 2 is 1.77 bits per heavy atom. The number of aromatic carboxylic acids is 1. The second kappa shape index (κ2) is 7.66. The zero-order chi connectivity index (χ0) is 15.9. The van der Waals surface area contributed by atoms with E-state index in [0.29, 0.717) is 11.3 Å². The van der Waals surface area contributed by atoms with Crippen molar-refractivity contribution >= 4 is 29.3 Å². The minimum absolute atomic E-state index is 0.0750. The van der Waals surface area contributed by atoms with E-state index < -0.39 is 5.97 Å². The average molecular weight is 315 g/mol. The van der Waals surface area contributed by atoms with Gasteiger partial charge in [-0.2, -0.15) is 0 Å². The molecule has 0 bridgehead atoms. The fourth-order valence-corrected chi connectivity index (χ4v) is 2.66. The Kier molecular flexibility index (Phi) is 5.61. The van der Waals surface area contributed by atoms with Crippen LogP contribution in [0.3, 0.4) is 0 Å². The molecule has 22 heavy (non-hydrogen) atoms. The first-order valence-corrected chi connectivity index (χ1v) is 7.97. The van der Waals surface area contributed by atoms with Crippen LogP contribution >= 0.6 is 11.8 Å². The number of carbonyl (C=O) groups is 2. The number of hydrogen-bond donors (Lipinski definition) is 2. The van der Waals surface area contributed by atoms with Gasteiger partial charge in [0.2, 0.25) is 0 Å². The van der Waals surface area contributed by atoms with Gasteiger partial charge in [-0.1, -0.05) is 19.1 Å². The van der Waals surface area contributed by atoms with Crippen LogP contribution in [0, 0.1) is 0 Å². The SMILES string of the molecule is CCCSc1ccc(C(=O)Nc2ccccc2C(=O)O)cc1. The standard InChI is InChI=1S/C17H17NO3S/c1-2-11-22-13-9-7-12(8-10-13)16(19)18-15-6-4-3-5-14(15)17(20)21/h3-10H,2,11H2,1H3,(H,18,19)(H,20,21). The van der Waals surface area contributed by atoms with Crippen LogP contribution in [0.1, 0.15) is 34.1 Å². The van der Waals surface area contributed by atoms with Crippen LogP contribution in [0.4, 0.5) is 5.69 Å². The van der Waals surface area contributed by atoms with Crippen LogP contribution in [0.2, 0.25) is 0 Å². The summed E-state index contributed by atoms with van der Waals surface area (Å²) in [6.07, 6.45) is 1.10. The molecule has 5 heteroatoms. The number of amides is 1. The molecule has 2 N–H and O–H groups in total. The lowest BCUT2D eigenvalue weighted by molar-refractivity contribution is 0.0698. The minimum Gasteiger partial charge on any atom is -0.478 e. The predicted octanol–water partition coefficient (Wildman–Crippen LogP) is 4.14. The molecule has 0 saturated heterocycles. The molecule has 0 unspecified atom stereocenters. The minimum atomic E-state index is -1.07. The zero-order valence-electron chi connectivity index (χ0n) is 12.2. The molecular formula is C17H17NO3S. The Labute approximate surface area is 133 Å². The van der Waals surface area contributed by atoms with Crippen LogP contribution in [-0.2, 0) is 0 Å². The monoisotopic (exact) mass is 315 g/mol. The van der Waals surface area contributed by atoms with Gasteiger partial charge in [-0.25, -0.2) is 4.79 Å². The molecule has 2 aromatic rings. The van der Waals surface area contributed by atoms with Crippen molar-refractivity contribution < 1.29 is 14.7 Å². The highest BCUT2D eigenvalue weighted by atomic mass is 32.2. The van der Waals surface area contributed by atoms with E-state index in [-0.39, 0.29) is 11.5 Å². The second-order valence-corrected chi connectivity index (χ2v) is 5.85. The smallest absolute Gasteiger partial charge is 0.337 e. The van der Waals surface area contributed by atoms with Crippen molar-refractivity contribution in [3.05, 3.63) is 59.7 Å². The third-order valence-corrected chi connectivity index (χ3v) is 4.21. The van der Waals surface area contributed by atoms with Gasteiger partial charge >= 0.3 is 5.97 Å². The summed E-state index contributed by atoms with van der Waals surface area (Å²) in [5.41, 5.74) is 0.872.